The van der Waals surface area contributed by atoms with Gasteiger partial charge in [0.1, 0.15) is 0 Å². The highest BCUT2D eigenvalue weighted by Gasteiger charge is 2.29. The number of aromatic nitrogens is 3. The van der Waals surface area contributed by atoms with E-state index in [1.54, 1.807) is 30.5 Å². The van der Waals surface area contributed by atoms with Crippen LogP contribution in [0.15, 0.2) is 53.5 Å². The molecule has 1 fully saturated rings. The first-order valence-corrected chi connectivity index (χ1v) is 11.2. The highest BCUT2D eigenvalue weighted by Crippen LogP contribution is 2.18. The Balaban J connectivity index is 1.49. The molecule has 1 saturated heterocycles. The lowest BCUT2D eigenvalue weighted by Gasteiger charge is -2.41. The standard InChI is InChI=1S/C25H28N6O2/c1-17(2)29-10-11-30(18(3)15-29)25(33)20-8-9-22(27-14-20)23-12-24(32)31(28-23)16-21-7-5-4-6-19(21)13-26/h4-9,12,14,17-18,28H,10-11,15-16H2,1-3H3/t18-/m1/s1. The van der Waals surface area contributed by atoms with Gasteiger partial charge in [0.15, 0.2) is 0 Å². The van der Waals surface area contributed by atoms with Crippen LogP contribution >= 0.6 is 0 Å². The molecule has 1 N–H and O–H groups in total. The molecule has 2 aromatic heterocycles. The van der Waals surface area contributed by atoms with Gasteiger partial charge in [-0.3, -0.25) is 24.6 Å². The van der Waals surface area contributed by atoms with Crippen molar-refractivity contribution >= 4 is 5.91 Å². The van der Waals surface area contributed by atoms with Gasteiger partial charge in [-0.2, -0.15) is 5.26 Å². The van der Waals surface area contributed by atoms with E-state index in [2.05, 4.69) is 41.8 Å². The second-order valence-corrected chi connectivity index (χ2v) is 8.73. The highest BCUT2D eigenvalue weighted by molar-refractivity contribution is 5.94. The molecule has 0 radical (unpaired) electrons. The summed E-state index contributed by atoms with van der Waals surface area (Å²) in [6.45, 7) is 9.10. The molecule has 0 saturated carbocycles. The number of aromatic amines is 1. The SMILES string of the molecule is CC(C)N1CCN(C(=O)c2ccc(-c3cc(=O)n(Cc4ccccc4C#N)[nH]3)nc2)[C@H](C)C1. The minimum Gasteiger partial charge on any atom is -0.333 e. The predicted molar refractivity (Wildman–Crippen MR) is 126 cm³/mol. The lowest BCUT2D eigenvalue weighted by Crippen LogP contribution is -2.55. The van der Waals surface area contributed by atoms with Gasteiger partial charge in [0.25, 0.3) is 11.5 Å². The fourth-order valence-corrected chi connectivity index (χ4v) is 4.22. The summed E-state index contributed by atoms with van der Waals surface area (Å²) in [6, 6.07) is 14.9. The van der Waals surface area contributed by atoms with E-state index in [-0.39, 0.29) is 24.1 Å². The Morgan fingerprint density at radius 2 is 2.03 bits per heavy atom. The molecule has 1 amide bonds. The molecule has 1 atom stereocenters. The third-order valence-corrected chi connectivity index (χ3v) is 6.19. The van der Waals surface area contributed by atoms with Crippen LogP contribution in [0, 0.1) is 11.3 Å². The van der Waals surface area contributed by atoms with E-state index in [4.69, 9.17) is 0 Å². The average molecular weight is 445 g/mol. The number of carbonyl (C=O) groups is 1. The van der Waals surface area contributed by atoms with Gasteiger partial charge >= 0.3 is 0 Å². The largest absolute Gasteiger partial charge is 0.333 e. The molecule has 1 aliphatic heterocycles. The van der Waals surface area contributed by atoms with E-state index in [0.717, 1.165) is 18.7 Å². The zero-order valence-electron chi connectivity index (χ0n) is 19.2. The smallest absolute Gasteiger partial charge is 0.267 e. The van der Waals surface area contributed by atoms with Crippen LogP contribution in [0.2, 0.25) is 0 Å². The molecule has 8 nitrogen and oxygen atoms in total. The number of rotatable bonds is 5. The first-order chi connectivity index (χ1) is 15.9. The monoisotopic (exact) mass is 444 g/mol. The fourth-order valence-electron chi connectivity index (χ4n) is 4.22. The van der Waals surface area contributed by atoms with Crippen LogP contribution in [0.25, 0.3) is 11.4 Å². The molecule has 0 aliphatic carbocycles. The number of hydrogen-bond donors (Lipinski definition) is 1. The Bertz CT molecular complexity index is 1230. The van der Waals surface area contributed by atoms with Gasteiger partial charge < -0.3 is 4.90 Å². The summed E-state index contributed by atoms with van der Waals surface area (Å²) < 4.78 is 1.45. The van der Waals surface area contributed by atoms with Crippen molar-refractivity contribution in [1.29, 1.82) is 5.26 Å². The average Bonchev–Trinajstić information content (AvgIpc) is 3.19. The number of nitrogens with one attached hydrogen (secondary N) is 1. The molecule has 1 aliphatic rings. The number of benzene rings is 1. The Morgan fingerprint density at radius 3 is 2.70 bits per heavy atom. The van der Waals surface area contributed by atoms with E-state index in [1.165, 1.54) is 10.7 Å². The van der Waals surface area contributed by atoms with Crippen molar-refractivity contribution in [2.75, 3.05) is 19.6 Å². The van der Waals surface area contributed by atoms with Crippen molar-refractivity contribution in [2.24, 2.45) is 0 Å². The van der Waals surface area contributed by atoms with E-state index in [0.29, 0.717) is 35.1 Å². The molecular formula is C25H28N6O2. The maximum atomic E-state index is 13.0. The lowest BCUT2D eigenvalue weighted by molar-refractivity contribution is 0.0425. The maximum Gasteiger partial charge on any atom is 0.267 e. The summed E-state index contributed by atoms with van der Waals surface area (Å²) in [7, 11) is 0. The third-order valence-electron chi connectivity index (χ3n) is 6.19. The van der Waals surface area contributed by atoms with Crippen molar-refractivity contribution in [2.45, 2.75) is 39.4 Å². The van der Waals surface area contributed by atoms with Crippen molar-refractivity contribution < 1.29 is 4.79 Å². The molecule has 4 rings (SSSR count). The van der Waals surface area contributed by atoms with Crippen LogP contribution < -0.4 is 5.56 Å². The summed E-state index contributed by atoms with van der Waals surface area (Å²) in [6.07, 6.45) is 1.57. The molecule has 8 heteroatoms. The van der Waals surface area contributed by atoms with E-state index in [1.807, 2.05) is 17.0 Å². The maximum absolute atomic E-state index is 13.0. The third kappa shape index (κ3) is 4.73. The first kappa shape index (κ1) is 22.5. The van der Waals surface area contributed by atoms with Gasteiger partial charge in [0.2, 0.25) is 0 Å². The topological polar surface area (TPSA) is 98.0 Å². The van der Waals surface area contributed by atoms with Gasteiger partial charge in [-0.15, -0.1) is 0 Å². The number of amides is 1. The van der Waals surface area contributed by atoms with Gasteiger partial charge in [0.05, 0.1) is 35.1 Å². The number of H-pyrrole nitrogens is 1. The number of piperazine rings is 1. The van der Waals surface area contributed by atoms with Crippen LogP contribution in [0.1, 0.15) is 42.3 Å². The molecule has 0 unspecified atom stereocenters. The Morgan fingerprint density at radius 1 is 1.24 bits per heavy atom. The van der Waals surface area contributed by atoms with Crippen molar-refractivity contribution in [3.05, 3.63) is 75.7 Å². The molecule has 0 spiro atoms. The molecule has 33 heavy (non-hydrogen) atoms. The zero-order valence-corrected chi connectivity index (χ0v) is 19.2. The molecule has 3 aromatic rings. The van der Waals surface area contributed by atoms with Gasteiger partial charge in [0, 0.05) is 44.0 Å². The van der Waals surface area contributed by atoms with E-state index in [9.17, 15) is 14.9 Å². The normalized spacial score (nSPS) is 16.7. The second kappa shape index (κ2) is 9.43. The summed E-state index contributed by atoms with van der Waals surface area (Å²) >= 11 is 0. The Hall–Kier alpha value is -3.70. The molecule has 1 aromatic carbocycles. The number of carbonyl (C=O) groups excluding carboxylic acids is 1. The fraction of sp³-hybridized carbons (Fsp3) is 0.360. The number of pyridine rings is 1. The minimum atomic E-state index is -0.212. The van der Waals surface area contributed by atoms with Crippen LogP contribution in [-0.4, -0.2) is 62.2 Å². The quantitative estimate of drug-likeness (QED) is 0.653. The summed E-state index contributed by atoms with van der Waals surface area (Å²) in [5.41, 5.74) is 2.76. The Labute approximate surface area is 193 Å². The van der Waals surface area contributed by atoms with E-state index < -0.39 is 0 Å². The second-order valence-electron chi connectivity index (χ2n) is 8.73. The van der Waals surface area contributed by atoms with Crippen molar-refractivity contribution in [3.8, 4) is 17.5 Å². The van der Waals surface area contributed by atoms with Crippen LogP contribution in [0.5, 0.6) is 0 Å². The minimum absolute atomic E-state index is 0.0240. The first-order valence-electron chi connectivity index (χ1n) is 11.2. The zero-order chi connectivity index (χ0) is 23.5. The van der Waals surface area contributed by atoms with E-state index >= 15 is 0 Å². The molecule has 3 heterocycles. The molecule has 170 valence electrons. The molecule has 0 bridgehead atoms. The van der Waals surface area contributed by atoms with Crippen LogP contribution in [0.4, 0.5) is 0 Å². The summed E-state index contributed by atoms with van der Waals surface area (Å²) in [5.74, 6) is -0.0240. The number of nitrogens with zero attached hydrogens (tertiary/aromatic N) is 5. The van der Waals surface area contributed by atoms with Crippen molar-refractivity contribution in [3.63, 3.8) is 0 Å². The Kier molecular flexibility index (Phi) is 6.43. The van der Waals surface area contributed by atoms with Crippen LogP contribution in [-0.2, 0) is 6.54 Å². The van der Waals surface area contributed by atoms with Crippen LogP contribution in [0.3, 0.4) is 0 Å². The number of hydrogen-bond acceptors (Lipinski definition) is 5. The highest BCUT2D eigenvalue weighted by atomic mass is 16.2. The number of nitriles is 1. The summed E-state index contributed by atoms with van der Waals surface area (Å²) in [4.78, 5) is 34.2. The molecular weight excluding hydrogens is 416 g/mol. The van der Waals surface area contributed by atoms with Gasteiger partial charge in [-0.05, 0) is 44.5 Å². The van der Waals surface area contributed by atoms with Crippen molar-refractivity contribution in [1.82, 2.24) is 24.6 Å². The van der Waals surface area contributed by atoms with Gasteiger partial charge in [-0.1, -0.05) is 18.2 Å². The summed E-state index contributed by atoms with van der Waals surface area (Å²) in [5, 5.41) is 12.3. The van der Waals surface area contributed by atoms with Gasteiger partial charge in [-0.25, -0.2) is 4.68 Å². The lowest BCUT2D eigenvalue weighted by atomic mass is 10.1. The predicted octanol–water partition coefficient (Wildman–Crippen LogP) is 2.71.